The number of carboxylic acid groups (broad SMARTS) is 2. The summed E-state index contributed by atoms with van der Waals surface area (Å²) in [6.45, 7) is 0. The molecule has 0 saturated carbocycles. The lowest BCUT2D eigenvalue weighted by molar-refractivity contribution is 0.0696. The van der Waals surface area contributed by atoms with E-state index in [4.69, 9.17) is 10.2 Å². The van der Waals surface area contributed by atoms with E-state index < -0.39 is 11.9 Å². The van der Waals surface area contributed by atoms with Gasteiger partial charge in [-0.15, -0.1) is 0 Å². The molecular weight excluding hydrogens is 354 g/mol. The highest BCUT2D eigenvalue weighted by Gasteiger charge is 2.11. The number of phenolic OH excluding ortho intramolecular Hbond substituents is 1. The summed E-state index contributed by atoms with van der Waals surface area (Å²) in [5, 5.41) is 27.7. The zero-order chi connectivity index (χ0) is 16.3. The van der Waals surface area contributed by atoms with Crippen LogP contribution in [-0.4, -0.2) is 33.5 Å². The fraction of sp³-hybridized carbons (Fsp3) is 0. The fourth-order valence-corrected chi connectivity index (χ4v) is 2.08. The standard InChI is InChI=1S/C15H10BrNO5/c16-11-1-2-13(18)10(4-11)7-17-12-5-8(14(19)20)3-9(6-12)15(21)22/h1-7,18H,(H,19,20)(H,21,22). The molecule has 3 N–H and O–H groups in total. The minimum Gasteiger partial charge on any atom is -0.507 e. The number of benzene rings is 2. The molecule has 2 rings (SSSR count). The quantitative estimate of drug-likeness (QED) is 0.722. The Kier molecular flexibility index (Phi) is 4.57. The Balaban J connectivity index is 2.44. The largest absolute Gasteiger partial charge is 0.507 e. The van der Waals surface area contributed by atoms with Crippen LogP contribution in [0.3, 0.4) is 0 Å². The number of phenols is 1. The number of aromatic hydroxyl groups is 1. The third-order valence-corrected chi connectivity index (χ3v) is 3.25. The average molecular weight is 364 g/mol. The number of halogens is 1. The molecule has 0 unspecified atom stereocenters. The van der Waals surface area contributed by atoms with Crippen LogP contribution in [0.5, 0.6) is 5.75 Å². The smallest absolute Gasteiger partial charge is 0.335 e. The Morgan fingerprint density at radius 3 is 2.14 bits per heavy atom. The number of rotatable bonds is 4. The molecular formula is C15H10BrNO5. The van der Waals surface area contributed by atoms with Crippen LogP contribution < -0.4 is 0 Å². The predicted octanol–water partition coefficient (Wildman–Crippen LogP) is 3.30. The normalized spacial score (nSPS) is 10.8. The van der Waals surface area contributed by atoms with Gasteiger partial charge in [0.25, 0.3) is 0 Å². The van der Waals surface area contributed by atoms with Gasteiger partial charge in [-0.05, 0) is 36.4 Å². The highest BCUT2D eigenvalue weighted by Crippen LogP contribution is 2.22. The van der Waals surface area contributed by atoms with Crippen molar-refractivity contribution in [2.45, 2.75) is 0 Å². The van der Waals surface area contributed by atoms with Crippen LogP contribution in [-0.2, 0) is 0 Å². The fourth-order valence-electron chi connectivity index (χ4n) is 1.71. The SMILES string of the molecule is O=C(O)c1cc(N=Cc2cc(Br)ccc2O)cc(C(=O)O)c1. The molecule has 112 valence electrons. The molecule has 0 aliphatic heterocycles. The van der Waals surface area contributed by atoms with Crippen LogP contribution in [0, 0.1) is 0 Å². The highest BCUT2D eigenvalue weighted by molar-refractivity contribution is 9.10. The molecule has 7 heteroatoms. The molecule has 0 amide bonds. The Morgan fingerprint density at radius 2 is 1.59 bits per heavy atom. The van der Waals surface area contributed by atoms with Crippen molar-refractivity contribution in [1.82, 2.24) is 0 Å². The Labute approximate surface area is 133 Å². The first kappa shape index (κ1) is 15.7. The van der Waals surface area contributed by atoms with Crippen molar-refractivity contribution in [3.8, 4) is 5.75 Å². The molecule has 0 fully saturated rings. The molecule has 2 aromatic rings. The van der Waals surface area contributed by atoms with Gasteiger partial charge in [0.05, 0.1) is 16.8 Å². The van der Waals surface area contributed by atoms with Crippen LogP contribution >= 0.6 is 15.9 Å². The van der Waals surface area contributed by atoms with E-state index >= 15 is 0 Å². The molecule has 0 aliphatic carbocycles. The van der Waals surface area contributed by atoms with E-state index in [-0.39, 0.29) is 22.6 Å². The van der Waals surface area contributed by atoms with Gasteiger partial charge >= 0.3 is 11.9 Å². The lowest BCUT2D eigenvalue weighted by atomic mass is 10.1. The summed E-state index contributed by atoms with van der Waals surface area (Å²) >= 11 is 3.26. The van der Waals surface area contributed by atoms with E-state index in [0.717, 1.165) is 10.5 Å². The third-order valence-electron chi connectivity index (χ3n) is 2.75. The first-order valence-electron chi connectivity index (χ1n) is 6.01. The first-order valence-corrected chi connectivity index (χ1v) is 6.80. The minimum atomic E-state index is -1.25. The van der Waals surface area contributed by atoms with E-state index in [1.807, 2.05) is 0 Å². The Bertz CT molecular complexity index is 753. The maximum absolute atomic E-state index is 11.0. The molecule has 0 atom stereocenters. The van der Waals surface area contributed by atoms with Crippen LogP contribution in [0.15, 0.2) is 45.9 Å². The lowest BCUT2D eigenvalue weighted by Crippen LogP contribution is -2.01. The van der Waals surface area contributed by atoms with Gasteiger partial charge in [0.1, 0.15) is 5.75 Å². The molecule has 0 bridgehead atoms. The number of carboxylic acids is 2. The molecule has 6 nitrogen and oxygen atoms in total. The molecule has 2 aromatic carbocycles. The summed E-state index contributed by atoms with van der Waals surface area (Å²) in [5.74, 6) is -2.49. The second-order valence-corrected chi connectivity index (χ2v) is 5.26. The number of carbonyl (C=O) groups is 2. The molecule has 0 heterocycles. The molecule has 0 aliphatic rings. The highest BCUT2D eigenvalue weighted by atomic mass is 79.9. The number of nitrogens with zero attached hydrogens (tertiary/aromatic N) is 1. The van der Waals surface area contributed by atoms with Crippen LogP contribution in [0.2, 0.25) is 0 Å². The summed E-state index contributed by atoms with van der Waals surface area (Å²) in [6.07, 6.45) is 1.33. The molecule has 0 saturated heterocycles. The van der Waals surface area contributed by atoms with E-state index in [0.29, 0.717) is 5.56 Å². The van der Waals surface area contributed by atoms with Crippen molar-refractivity contribution in [2.24, 2.45) is 4.99 Å². The van der Waals surface area contributed by atoms with Gasteiger partial charge in [0, 0.05) is 16.3 Å². The summed E-state index contributed by atoms with van der Waals surface area (Å²) in [6, 6.07) is 8.31. The van der Waals surface area contributed by atoms with Gasteiger partial charge < -0.3 is 15.3 Å². The maximum atomic E-state index is 11.0. The first-order chi connectivity index (χ1) is 10.4. The average Bonchev–Trinajstić information content (AvgIpc) is 2.47. The van der Waals surface area contributed by atoms with Gasteiger partial charge in [0.2, 0.25) is 0 Å². The molecule has 22 heavy (non-hydrogen) atoms. The molecule has 0 aromatic heterocycles. The second-order valence-electron chi connectivity index (χ2n) is 4.34. The van der Waals surface area contributed by atoms with Crippen molar-refractivity contribution in [1.29, 1.82) is 0 Å². The van der Waals surface area contributed by atoms with Crippen molar-refractivity contribution in [3.05, 3.63) is 57.6 Å². The van der Waals surface area contributed by atoms with Crippen molar-refractivity contribution in [3.63, 3.8) is 0 Å². The van der Waals surface area contributed by atoms with Gasteiger partial charge in [-0.3, -0.25) is 4.99 Å². The minimum absolute atomic E-state index is 0.000188. The number of hydrogen-bond acceptors (Lipinski definition) is 4. The summed E-state index contributed by atoms with van der Waals surface area (Å²) in [4.78, 5) is 26.1. The van der Waals surface area contributed by atoms with E-state index in [1.165, 1.54) is 24.4 Å². The molecule has 0 spiro atoms. The number of aromatic carboxylic acids is 2. The summed E-state index contributed by atoms with van der Waals surface area (Å²) in [5.41, 5.74) is 0.222. The zero-order valence-electron chi connectivity index (χ0n) is 11.0. The van der Waals surface area contributed by atoms with Crippen molar-refractivity contribution < 1.29 is 24.9 Å². The van der Waals surface area contributed by atoms with Gasteiger partial charge in [-0.1, -0.05) is 15.9 Å². The molecule has 0 radical (unpaired) electrons. The van der Waals surface area contributed by atoms with Crippen LogP contribution in [0.4, 0.5) is 5.69 Å². The second kappa shape index (κ2) is 6.40. The van der Waals surface area contributed by atoms with Crippen molar-refractivity contribution in [2.75, 3.05) is 0 Å². The van der Waals surface area contributed by atoms with Gasteiger partial charge in [-0.25, -0.2) is 9.59 Å². The van der Waals surface area contributed by atoms with E-state index in [1.54, 1.807) is 12.1 Å². The van der Waals surface area contributed by atoms with Gasteiger partial charge in [-0.2, -0.15) is 0 Å². The topological polar surface area (TPSA) is 107 Å². The zero-order valence-corrected chi connectivity index (χ0v) is 12.6. The summed E-state index contributed by atoms with van der Waals surface area (Å²) < 4.78 is 0.734. The van der Waals surface area contributed by atoms with E-state index in [2.05, 4.69) is 20.9 Å². The van der Waals surface area contributed by atoms with Crippen LogP contribution in [0.1, 0.15) is 26.3 Å². The van der Waals surface area contributed by atoms with Crippen molar-refractivity contribution >= 4 is 39.8 Å². The van der Waals surface area contributed by atoms with E-state index in [9.17, 15) is 14.7 Å². The number of aliphatic imine (C=N–C) groups is 1. The summed E-state index contributed by atoms with van der Waals surface area (Å²) in [7, 11) is 0. The maximum Gasteiger partial charge on any atom is 0.335 e. The monoisotopic (exact) mass is 363 g/mol. The third kappa shape index (κ3) is 3.70. The van der Waals surface area contributed by atoms with Crippen LogP contribution in [0.25, 0.3) is 0 Å². The number of hydrogen-bond donors (Lipinski definition) is 3. The Hall–Kier alpha value is -2.67. The lowest BCUT2D eigenvalue weighted by Gasteiger charge is -2.02. The van der Waals surface area contributed by atoms with Gasteiger partial charge in [0.15, 0.2) is 0 Å². The Morgan fingerprint density at radius 1 is 1.00 bits per heavy atom. The predicted molar refractivity (Wildman–Crippen MR) is 83.4 cm³/mol.